The van der Waals surface area contributed by atoms with E-state index in [9.17, 15) is 0 Å². The fraction of sp³-hybridized carbons (Fsp3) is 0.650. The molecule has 0 atom stereocenters. The third-order valence-corrected chi connectivity index (χ3v) is 4.84. The maximum Gasteiger partial charge on any atom is 0.191 e. The average molecular weight is 346 g/mol. The second-order valence-corrected chi connectivity index (χ2v) is 6.95. The summed E-state index contributed by atoms with van der Waals surface area (Å²) in [5.41, 5.74) is 4.05. The van der Waals surface area contributed by atoms with Gasteiger partial charge >= 0.3 is 0 Å². The van der Waals surface area contributed by atoms with Crippen LogP contribution in [0.25, 0.3) is 0 Å². The maximum absolute atomic E-state index is 4.33. The SMILES string of the molecule is CCN1CCN(CCNC(=NC)NCCc2cc(C)cc(C)c2)CC1. The molecule has 0 aliphatic carbocycles. The normalized spacial score (nSPS) is 16.9. The molecule has 0 aromatic heterocycles. The van der Waals surface area contributed by atoms with Gasteiger partial charge in [0.2, 0.25) is 0 Å². The van der Waals surface area contributed by atoms with E-state index in [1.54, 1.807) is 0 Å². The summed E-state index contributed by atoms with van der Waals surface area (Å²) in [6.45, 7) is 15.4. The monoisotopic (exact) mass is 345 g/mol. The Labute approximate surface area is 153 Å². The molecule has 140 valence electrons. The summed E-state index contributed by atoms with van der Waals surface area (Å²) < 4.78 is 0. The Balaban J connectivity index is 1.64. The molecular formula is C20H35N5. The Kier molecular flexibility index (Phi) is 8.22. The van der Waals surface area contributed by atoms with E-state index in [1.807, 2.05) is 7.05 Å². The van der Waals surface area contributed by atoms with Crippen LogP contribution in [-0.2, 0) is 6.42 Å². The molecule has 25 heavy (non-hydrogen) atoms. The molecule has 0 unspecified atom stereocenters. The number of hydrogen-bond acceptors (Lipinski definition) is 3. The Bertz CT molecular complexity index is 527. The van der Waals surface area contributed by atoms with Crippen LogP contribution in [0, 0.1) is 13.8 Å². The molecule has 1 fully saturated rings. The molecule has 0 spiro atoms. The number of aryl methyl sites for hydroxylation is 2. The molecular weight excluding hydrogens is 310 g/mol. The maximum atomic E-state index is 4.33. The third-order valence-electron chi connectivity index (χ3n) is 4.84. The van der Waals surface area contributed by atoms with Crippen molar-refractivity contribution < 1.29 is 0 Å². The molecule has 5 nitrogen and oxygen atoms in total. The first-order valence-corrected chi connectivity index (χ1v) is 9.57. The van der Waals surface area contributed by atoms with E-state index in [0.29, 0.717) is 0 Å². The molecule has 0 radical (unpaired) electrons. The quantitative estimate of drug-likeness (QED) is 0.582. The molecule has 1 aromatic rings. The van der Waals surface area contributed by atoms with E-state index >= 15 is 0 Å². The van der Waals surface area contributed by atoms with Gasteiger partial charge in [-0.1, -0.05) is 36.2 Å². The summed E-state index contributed by atoms with van der Waals surface area (Å²) in [6.07, 6.45) is 1.02. The molecule has 2 rings (SSSR count). The Morgan fingerprint density at radius 1 is 0.960 bits per heavy atom. The molecule has 0 bridgehead atoms. The molecule has 2 N–H and O–H groups in total. The fourth-order valence-electron chi connectivity index (χ4n) is 3.42. The zero-order chi connectivity index (χ0) is 18.1. The molecule has 1 aliphatic heterocycles. The highest BCUT2D eigenvalue weighted by Gasteiger charge is 2.14. The van der Waals surface area contributed by atoms with Gasteiger partial charge < -0.3 is 15.5 Å². The number of aliphatic imine (C=N–C) groups is 1. The van der Waals surface area contributed by atoms with Gasteiger partial charge in [0, 0.05) is 52.9 Å². The van der Waals surface area contributed by atoms with Crippen molar-refractivity contribution in [3.8, 4) is 0 Å². The predicted molar refractivity (Wildman–Crippen MR) is 108 cm³/mol. The number of likely N-dealkylation sites (N-methyl/N-ethyl adjacent to an activating group) is 1. The van der Waals surface area contributed by atoms with Crippen molar-refractivity contribution >= 4 is 5.96 Å². The van der Waals surface area contributed by atoms with Gasteiger partial charge in [-0.15, -0.1) is 0 Å². The molecule has 1 aliphatic rings. The highest BCUT2D eigenvalue weighted by molar-refractivity contribution is 5.79. The van der Waals surface area contributed by atoms with Crippen LogP contribution >= 0.6 is 0 Å². The first-order chi connectivity index (χ1) is 12.1. The van der Waals surface area contributed by atoms with Crippen LogP contribution in [-0.4, -0.2) is 75.2 Å². The average Bonchev–Trinajstić information content (AvgIpc) is 2.60. The Morgan fingerprint density at radius 3 is 2.16 bits per heavy atom. The first kappa shape index (κ1) is 19.7. The summed E-state index contributed by atoms with van der Waals surface area (Å²) in [4.78, 5) is 9.37. The smallest absolute Gasteiger partial charge is 0.191 e. The highest BCUT2D eigenvalue weighted by Crippen LogP contribution is 2.08. The minimum absolute atomic E-state index is 0.900. The highest BCUT2D eigenvalue weighted by atomic mass is 15.3. The van der Waals surface area contributed by atoms with Crippen LogP contribution in [0.3, 0.4) is 0 Å². The van der Waals surface area contributed by atoms with E-state index < -0.39 is 0 Å². The minimum atomic E-state index is 0.900. The molecule has 1 heterocycles. The molecule has 1 aromatic carbocycles. The molecule has 1 saturated heterocycles. The van der Waals surface area contributed by atoms with E-state index in [0.717, 1.165) is 32.0 Å². The summed E-state index contributed by atoms with van der Waals surface area (Å²) in [6, 6.07) is 6.75. The lowest BCUT2D eigenvalue weighted by Gasteiger charge is -2.34. The van der Waals surface area contributed by atoms with E-state index in [-0.39, 0.29) is 0 Å². The summed E-state index contributed by atoms with van der Waals surface area (Å²) in [7, 11) is 1.84. The third kappa shape index (κ3) is 7.04. The topological polar surface area (TPSA) is 42.9 Å². The van der Waals surface area contributed by atoms with E-state index in [1.165, 1.54) is 49.4 Å². The van der Waals surface area contributed by atoms with Crippen molar-refractivity contribution in [3.63, 3.8) is 0 Å². The van der Waals surface area contributed by atoms with Crippen molar-refractivity contribution in [3.05, 3.63) is 34.9 Å². The van der Waals surface area contributed by atoms with Crippen LogP contribution in [0.5, 0.6) is 0 Å². The van der Waals surface area contributed by atoms with Crippen LogP contribution < -0.4 is 10.6 Å². The standard InChI is InChI=1S/C20H35N5/c1-5-24-10-12-25(13-11-24)9-8-23-20(21-4)22-7-6-19-15-17(2)14-18(3)16-19/h14-16H,5-13H2,1-4H3,(H2,21,22,23). The van der Waals surface area contributed by atoms with Gasteiger partial charge in [0.05, 0.1) is 0 Å². The Morgan fingerprint density at radius 2 is 1.56 bits per heavy atom. The van der Waals surface area contributed by atoms with Crippen molar-refractivity contribution in [2.75, 3.05) is 59.4 Å². The summed E-state index contributed by atoms with van der Waals surface area (Å²) in [5, 5.41) is 6.86. The van der Waals surface area contributed by atoms with Crippen molar-refractivity contribution in [2.24, 2.45) is 4.99 Å². The van der Waals surface area contributed by atoms with Gasteiger partial charge in [-0.3, -0.25) is 9.89 Å². The predicted octanol–water partition coefficient (Wildman–Crippen LogP) is 1.65. The summed E-state index contributed by atoms with van der Waals surface area (Å²) in [5.74, 6) is 0.900. The van der Waals surface area contributed by atoms with Crippen LogP contribution in [0.15, 0.2) is 23.2 Å². The van der Waals surface area contributed by atoms with Crippen LogP contribution in [0.2, 0.25) is 0 Å². The second-order valence-electron chi connectivity index (χ2n) is 6.95. The van der Waals surface area contributed by atoms with Gasteiger partial charge in [0.1, 0.15) is 0 Å². The number of nitrogens with zero attached hydrogens (tertiary/aromatic N) is 3. The van der Waals surface area contributed by atoms with Gasteiger partial charge in [-0.25, -0.2) is 0 Å². The zero-order valence-corrected chi connectivity index (χ0v) is 16.4. The molecule has 0 saturated carbocycles. The van der Waals surface area contributed by atoms with Gasteiger partial charge in [0.15, 0.2) is 5.96 Å². The van der Waals surface area contributed by atoms with Crippen molar-refractivity contribution in [1.29, 1.82) is 0 Å². The molecule has 0 amide bonds. The number of benzene rings is 1. The largest absolute Gasteiger partial charge is 0.356 e. The molecule has 5 heteroatoms. The lowest BCUT2D eigenvalue weighted by atomic mass is 10.1. The van der Waals surface area contributed by atoms with Crippen molar-refractivity contribution in [2.45, 2.75) is 27.2 Å². The lowest BCUT2D eigenvalue weighted by Crippen LogP contribution is -2.49. The van der Waals surface area contributed by atoms with Gasteiger partial charge in [-0.2, -0.15) is 0 Å². The van der Waals surface area contributed by atoms with Crippen molar-refractivity contribution in [1.82, 2.24) is 20.4 Å². The van der Waals surface area contributed by atoms with Gasteiger partial charge in [0.25, 0.3) is 0 Å². The zero-order valence-electron chi connectivity index (χ0n) is 16.4. The van der Waals surface area contributed by atoms with E-state index in [4.69, 9.17) is 0 Å². The first-order valence-electron chi connectivity index (χ1n) is 9.57. The van der Waals surface area contributed by atoms with Crippen LogP contribution in [0.1, 0.15) is 23.6 Å². The summed E-state index contributed by atoms with van der Waals surface area (Å²) >= 11 is 0. The lowest BCUT2D eigenvalue weighted by molar-refractivity contribution is 0.139. The Hall–Kier alpha value is -1.59. The number of nitrogens with one attached hydrogen (secondary N) is 2. The number of rotatable bonds is 7. The number of piperazine rings is 1. The van der Waals surface area contributed by atoms with Crippen LogP contribution in [0.4, 0.5) is 0 Å². The van der Waals surface area contributed by atoms with Gasteiger partial charge in [-0.05, 0) is 32.4 Å². The second kappa shape index (κ2) is 10.4. The fourth-order valence-corrected chi connectivity index (χ4v) is 3.42. The minimum Gasteiger partial charge on any atom is -0.356 e. The number of guanidine groups is 1. The number of hydrogen-bond donors (Lipinski definition) is 2. The van der Waals surface area contributed by atoms with E-state index in [2.05, 4.69) is 64.4 Å².